The molecule has 3 heterocycles. The van der Waals surface area contributed by atoms with Crippen molar-refractivity contribution in [3.63, 3.8) is 0 Å². The van der Waals surface area contributed by atoms with Crippen LogP contribution in [0.4, 0.5) is 4.79 Å². The van der Waals surface area contributed by atoms with Gasteiger partial charge in [-0.15, -0.1) is 0 Å². The molecule has 0 bridgehead atoms. The van der Waals surface area contributed by atoms with E-state index < -0.39 is 17.7 Å². The van der Waals surface area contributed by atoms with E-state index in [1.807, 2.05) is 46.8 Å². The van der Waals surface area contributed by atoms with Gasteiger partial charge in [-0.3, -0.25) is 0 Å². The van der Waals surface area contributed by atoms with Gasteiger partial charge in [-0.05, 0) is 71.6 Å². The lowest BCUT2D eigenvalue weighted by Crippen LogP contribution is -2.32. The van der Waals surface area contributed by atoms with Crippen LogP contribution in [0, 0.1) is 18.8 Å². The van der Waals surface area contributed by atoms with Crippen molar-refractivity contribution in [3.05, 3.63) is 39.9 Å². The molecule has 1 aliphatic heterocycles. The molecule has 3 aromatic rings. The number of aromatic nitrogens is 3. The lowest BCUT2D eigenvalue weighted by molar-refractivity contribution is -0.0647. The minimum atomic E-state index is -0.726. The largest absolute Gasteiger partial charge is 0.443 e. The van der Waals surface area contributed by atoms with Crippen LogP contribution >= 0.6 is 0 Å². The van der Waals surface area contributed by atoms with Crippen molar-refractivity contribution in [2.75, 3.05) is 6.61 Å². The Balaban J connectivity index is 1.78. The molecule has 0 spiro atoms. The summed E-state index contributed by atoms with van der Waals surface area (Å²) < 4.78 is 18.3. The molecule has 1 aliphatic carbocycles. The first-order valence-electron chi connectivity index (χ1n) is 11.3. The van der Waals surface area contributed by atoms with Crippen molar-refractivity contribution in [3.8, 4) is 11.1 Å². The number of nitroso groups, excluding NO2 is 1. The zero-order chi connectivity index (χ0) is 23.5. The highest BCUT2D eigenvalue weighted by Gasteiger charge is 2.37. The van der Waals surface area contributed by atoms with Gasteiger partial charge >= 0.3 is 6.09 Å². The first-order chi connectivity index (χ1) is 15.7. The number of carbonyl (C=O) groups excluding carboxylic acids is 1. The second-order valence-electron chi connectivity index (χ2n) is 9.94. The van der Waals surface area contributed by atoms with Gasteiger partial charge in [-0.25, -0.2) is 14.3 Å². The van der Waals surface area contributed by atoms with Crippen LogP contribution in [0.5, 0.6) is 0 Å². The molecule has 2 unspecified atom stereocenters. The molecule has 0 amide bonds. The summed E-state index contributed by atoms with van der Waals surface area (Å²) in [6, 6.07) is 3.08. The van der Waals surface area contributed by atoms with Gasteiger partial charge in [-0.2, -0.15) is 4.91 Å². The number of hydrogen-bond donors (Lipinski definition) is 0. The Kier molecular flexibility index (Phi) is 5.12. The number of fused-ring (bicyclic) bond motifs is 1. The van der Waals surface area contributed by atoms with Crippen LogP contribution in [-0.2, 0) is 9.47 Å². The number of benzene rings is 1. The molecule has 2 atom stereocenters. The molecule has 9 heteroatoms. The normalized spacial score (nSPS) is 19.4. The minimum Gasteiger partial charge on any atom is -0.443 e. The van der Waals surface area contributed by atoms with Crippen molar-refractivity contribution in [2.24, 2.45) is 5.18 Å². The summed E-state index contributed by atoms with van der Waals surface area (Å²) in [4.78, 5) is 30.2. The molecule has 1 saturated heterocycles. The Morgan fingerprint density at radius 2 is 1.97 bits per heavy atom. The van der Waals surface area contributed by atoms with E-state index in [0.29, 0.717) is 34.8 Å². The maximum atomic E-state index is 13.3. The summed E-state index contributed by atoms with van der Waals surface area (Å²) in [5.74, 6) is 1.50. The van der Waals surface area contributed by atoms with Gasteiger partial charge in [0.15, 0.2) is 0 Å². The monoisotopic (exact) mass is 452 g/mol. The third-order valence-corrected chi connectivity index (χ3v) is 6.17. The Hall–Kier alpha value is -3.07. The highest BCUT2D eigenvalue weighted by Crippen LogP contribution is 2.44. The summed E-state index contributed by atoms with van der Waals surface area (Å²) in [7, 11) is 0. The van der Waals surface area contributed by atoms with Gasteiger partial charge in [0.05, 0.1) is 22.8 Å². The number of nitrogens with zero attached hydrogens (tertiary/aromatic N) is 4. The third kappa shape index (κ3) is 3.84. The van der Waals surface area contributed by atoms with Crippen LogP contribution in [0.3, 0.4) is 0 Å². The van der Waals surface area contributed by atoms with E-state index in [0.717, 1.165) is 36.1 Å². The van der Waals surface area contributed by atoms with Gasteiger partial charge in [0, 0.05) is 23.7 Å². The predicted molar refractivity (Wildman–Crippen MR) is 121 cm³/mol. The average Bonchev–Trinajstić information content (AvgIpc) is 3.39. The van der Waals surface area contributed by atoms with E-state index in [9.17, 15) is 9.70 Å². The van der Waals surface area contributed by atoms with Crippen LogP contribution in [0.25, 0.3) is 22.2 Å². The van der Waals surface area contributed by atoms with Gasteiger partial charge < -0.3 is 14.0 Å². The van der Waals surface area contributed by atoms with E-state index in [4.69, 9.17) is 19.0 Å². The summed E-state index contributed by atoms with van der Waals surface area (Å²) in [6.45, 7) is 9.81. The maximum absolute atomic E-state index is 13.3. The first kappa shape index (κ1) is 21.8. The van der Waals surface area contributed by atoms with Gasteiger partial charge in [0.25, 0.3) is 0 Å². The molecule has 2 aliphatic rings. The molecule has 2 fully saturated rings. The minimum absolute atomic E-state index is 0.183. The molecule has 33 heavy (non-hydrogen) atoms. The predicted octanol–water partition coefficient (Wildman–Crippen LogP) is 5.57. The number of aryl methyl sites for hydroxylation is 2. The molecular formula is C24H28N4O5. The van der Waals surface area contributed by atoms with Crippen LogP contribution in [0.2, 0.25) is 0 Å². The van der Waals surface area contributed by atoms with Crippen molar-refractivity contribution < 1.29 is 18.8 Å². The fourth-order valence-corrected chi connectivity index (χ4v) is 4.43. The van der Waals surface area contributed by atoms with Crippen LogP contribution in [0.15, 0.2) is 21.8 Å². The topological polar surface area (TPSA) is 109 Å². The van der Waals surface area contributed by atoms with Crippen molar-refractivity contribution >= 4 is 17.1 Å². The van der Waals surface area contributed by atoms with Crippen LogP contribution < -0.4 is 0 Å². The van der Waals surface area contributed by atoms with E-state index >= 15 is 0 Å². The summed E-state index contributed by atoms with van der Waals surface area (Å²) in [5, 5.41) is 7.50. The number of hydrogen-bond acceptors (Lipinski definition) is 8. The standard InChI is InChI=1S/C24H28N4O5/c1-12-19(13(2)33-27-12)15-10-16(21(26-30)18-8-9-31-18)20-17(11-15)28(22(25-20)14-6-7-14)23(29)32-24(3,4)5/h10-11,14,18,21H,6-9H2,1-5H3. The van der Waals surface area contributed by atoms with E-state index in [1.54, 1.807) is 4.57 Å². The fraction of sp³-hybridized carbons (Fsp3) is 0.542. The SMILES string of the molecule is Cc1noc(C)c1-c1cc(C(N=O)C2CCO2)c2nc(C3CC3)n(C(=O)OC(C)(C)C)c2c1. The van der Waals surface area contributed by atoms with Crippen LogP contribution in [0.1, 0.15) is 74.8 Å². The Morgan fingerprint density at radius 3 is 2.48 bits per heavy atom. The molecule has 5 rings (SSSR count). The Bertz CT molecular complexity index is 1220. The zero-order valence-electron chi connectivity index (χ0n) is 19.5. The fourth-order valence-electron chi connectivity index (χ4n) is 4.43. The average molecular weight is 453 g/mol. The summed E-state index contributed by atoms with van der Waals surface area (Å²) in [5.41, 5.74) is 3.48. The summed E-state index contributed by atoms with van der Waals surface area (Å²) in [6.07, 6.45) is 1.87. The maximum Gasteiger partial charge on any atom is 0.420 e. The van der Waals surface area contributed by atoms with Crippen molar-refractivity contribution in [2.45, 2.75) is 77.5 Å². The van der Waals surface area contributed by atoms with Crippen LogP contribution in [-0.4, -0.2) is 39.1 Å². The lowest BCUT2D eigenvalue weighted by atomic mass is 9.92. The molecule has 1 aromatic carbocycles. The van der Waals surface area contributed by atoms with Gasteiger partial charge in [-0.1, -0.05) is 10.3 Å². The van der Waals surface area contributed by atoms with Crippen molar-refractivity contribution in [1.82, 2.24) is 14.7 Å². The smallest absolute Gasteiger partial charge is 0.420 e. The number of rotatable bonds is 5. The highest BCUT2D eigenvalue weighted by molar-refractivity contribution is 5.93. The zero-order valence-corrected chi connectivity index (χ0v) is 19.5. The molecule has 1 saturated carbocycles. The Labute approximate surface area is 191 Å². The first-order valence-corrected chi connectivity index (χ1v) is 11.3. The number of carbonyl (C=O) groups is 1. The molecule has 9 nitrogen and oxygen atoms in total. The molecule has 174 valence electrons. The lowest BCUT2D eigenvalue weighted by Gasteiger charge is -2.30. The van der Waals surface area contributed by atoms with E-state index in [-0.39, 0.29) is 12.0 Å². The van der Waals surface area contributed by atoms with E-state index in [1.165, 1.54) is 0 Å². The van der Waals surface area contributed by atoms with Gasteiger partial charge in [0.1, 0.15) is 23.2 Å². The second-order valence-corrected chi connectivity index (χ2v) is 9.94. The molecule has 2 aromatic heterocycles. The van der Waals surface area contributed by atoms with Crippen molar-refractivity contribution in [1.29, 1.82) is 0 Å². The Morgan fingerprint density at radius 1 is 1.24 bits per heavy atom. The van der Waals surface area contributed by atoms with E-state index in [2.05, 4.69) is 10.3 Å². The highest BCUT2D eigenvalue weighted by atomic mass is 16.6. The number of imidazole rings is 1. The second kappa shape index (κ2) is 7.76. The third-order valence-electron chi connectivity index (χ3n) is 6.17. The molecular weight excluding hydrogens is 424 g/mol. The number of ether oxygens (including phenoxy) is 2. The quantitative estimate of drug-likeness (QED) is 0.466. The summed E-state index contributed by atoms with van der Waals surface area (Å²) >= 11 is 0. The molecule has 0 radical (unpaired) electrons. The molecule has 0 N–H and O–H groups in total. The van der Waals surface area contributed by atoms with Gasteiger partial charge in [0.2, 0.25) is 0 Å².